The van der Waals surface area contributed by atoms with E-state index in [2.05, 4.69) is 5.32 Å². The number of alkyl carbamates (subject to hydrolysis) is 1. The van der Waals surface area contributed by atoms with E-state index >= 15 is 0 Å². The number of aliphatic hydroxyl groups excluding tert-OH is 2. The molecule has 0 aromatic heterocycles. The van der Waals surface area contributed by atoms with Gasteiger partial charge in [0.05, 0.1) is 4.92 Å². The van der Waals surface area contributed by atoms with Gasteiger partial charge < -0.3 is 26.0 Å². The molecule has 0 aliphatic carbocycles. The van der Waals surface area contributed by atoms with Crippen molar-refractivity contribution in [2.24, 2.45) is 5.73 Å². The van der Waals surface area contributed by atoms with Crippen LogP contribution < -0.4 is 11.1 Å². The first-order valence-corrected chi connectivity index (χ1v) is 7.33. The van der Waals surface area contributed by atoms with Gasteiger partial charge in [0.1, 0.15) is 17.8 Å². The van der Waals surface area contributed by atoms with Crippen LogP contribution in [0.25, 0.3) is 0 Å². The summed E-state index contributed by atoms with van der Waals surface area (Å²) in [5.74, 6) is -0.918. The van der Waals surface area contributed by atoms with Crippen molar-refractivity contribution < 1.29 is 29.5 Å². The molecule has 0 aliphatic heterocycles. The number of nitro benzene ring substituents is 1. The van der Waals surface area contributed by atoms with E-state index in [1.165, 1.54) is 0 Å². The molecule has 2 unspecified atom stereocenters. The second kappa shape index (κ2) is 7.90. The maximum atomic E-state index is 11.5. The third-order valence-electron chi connectivity index (χ3n) is 3.00. The van der Waals surface area contributed by atoms with Crippen LogP contribution in [0.3, 0.4) is 0 Å². The minimum Gasteiger partial charge on any atom is -0.444 e. The Labute approximate surface area is 143 Å². The van der Waals surface area contributed by atoms with Gasteiger partial charge in [0.15, 0.2) is 0 Å². The minimum absolute atomic E-state index is 0.0820. The molecule has 1 aromatic rings. The van der Waals surface area contributed by atoms with Crippen molar-refractivity contribution in [3.8, 4) is 0 Å². The van der Waals surface area contributed by atoms with Crippen molar-refractivity contribution in [2.75, 3.05) is 6.54 Å². The van der Waals surface area contributed by atoms with Gasteiger partial charge in [0, 0.05) is 24.2 Å². The Morgan fingerprint density at radius 2 is 1.92 bits per heavy atom. The molecule has 0 bridgehead atoms. The lowest BCUT2D eigenvalue weighted by Gasteiger charge is -2.22. The number of amides is 2. The van der Waals surface area contributed by atoms with Gasteiger partial charge in [-0.25, -0.2) is 4.79 Å². The maximum Gasteiger partial charge on any atom is 0.407 e. The number of benzene rings is 1. The van der Waals surface area contributed by atoms with E-state index in [-0.39, 0.29) is 17.7 Å². The first-order chi connectivity index (χ1) is 11.4. The average Bonchev–Trinajstić information content (AvgIpc) is 2.49. The number of nitrogens with zero attached hydrogens (tertiary/aromatic N) is 1. The van der Waals surface area contributed by atoms with Crippen molar-refractivity contribution in [2.45, 2.75) is 38.6 Å². The van der Waals surface area contributed by atoms with Crippen molar-refractivity contribution in [3.05, 3.63) is 39.4 Å². The zero-order chi connectivity index (χ0) is 19.4. The number of nitrogens with one attached hydrogen (secondary N) is 1. The molecule has 0 radical (unpaired) electrons. The molecule has 10 nitrogen and oxygen atoms in total. The monoisotopic (exact) mass is 355 g/mol. The molecule has 0 spiro atoms. The van der Waals surface area contributed by atoms with Crippen molar-refractivity contribution in [1.82, 2.24) is 5.32 Å². The van der Waals surface area contributed by atoms with Crippen molar-refractivity contribution >= 4 is 17.7 Å². The summed E-state index contributed by atoms with van der Waals surface area (Å²) in [5.41, 5.74) is 3.65. The normalized spacial score (nSPS) is 13.6. The highest BCUT2D eigenvalue weighted by Gasteiger charge is 2.24. The van der Waals surface area contributed by atoms with E-state index in [0.717, 1.165) is 18.2 Å². The first-order valence-electron chi connectivity index (χ1n) is 7.33. The van der Waals surface area contributed by atoms with Crippen LogP contribution >= 0.6 is 0 Å². The van der Waals surface area contributed by atoms with Crippen molar-refractivity contribution in [3.63, 3.8) is 0 Å². The van der Waals surface area contributed by atoms with Gasteiger partial charge >= 0.3 is 6.09 Å². The molecule has 0 aliphatic rings. The summed E-state index contributed by atoms with van der Waals surface area (Å²) in [6.45, 7) is 4.61. The largest absolute Gasteiger partial charge is 0.444 e. The summed E-state index contributed by atoms with van der Waals surface area (Å²) in [5, 5.41) is 33.3. The summed E-state index contributed by atoms with van der Waals surface area (Å²) in [6.07, 6.45) is -3.88. The number of ether oxygens (including phenoxy) is 1. The van der Waals surface area contributed by atoms with Crippen LogP contribution in [0.4, 0.5) is 10.5 Å². The number of nitrogens with two attached hydrogens (primary N) is 1. The van der Waals surface area contributed by atoms with E-state index in [0.29, 0.717) is 0 Å². The van der Waals surface area contributed by atoms with Gasteiger partial charge in [-0.1, -0.05) is 0 Å². The summed E-state index contributed by atoms with van der Waals surface area (Å²) >= 11 is 0. The van der Waals surface area contributed by atoms with E-state index in [1.54, 1.807) is 20.8 Å². The Kier molecular flexibility index (Phi) is 6.42. The van der Waals surface area contributed by atoms with Gasteiger partial charge in [-0.2, -0.15) is 0 Å². The zero-order valence-electron chi connectivity index (χ0n) is 14.1. The number of hydrogen-bond donors (Lipinski definition) is 4. The number of nitro groups is 1. The van der Waals surface area contributed by atoms with Crippen LogP contribution in [0, 0.1) is 10.1 Å². The summed E-state index contributed by atoms with van der Waals surface area (Å²) < 4.78 is 4.98. The smallest absolute Gasteiger partial charge is 0.407 e. The third kappa shape index (κ3) is 6.36. The molecule has 10 heteroatoms. The predicted octanol–water partition coefficient (Wildman–Crippen LogP) is 0.613. The Hall–Kier alpha value is -2.72. The fourth-order valence-electron chi connectivity index (χ4n) is 1.89. The molecule has 2 amide bonds. The zero-order valence-corrected chi connectivity index (χ0v) is 14.1. The van der Waals surface area contributed by atoms with Gasteiger partial charge in [-0.15, -0.1) is 0 Å². The predicted molar refractivity (Wildman–Crippen MR) is 86.8 cm³/mol. The fourth-order valence-corrected chi connectivity index (χ4v) is 1.89. The van der Waals surface area contributed by atoms with Crippen LogP contribution in [0.1, 0.15) is 42.8 Å². The quantitative estimate of drug-likeness (QED) is 0.428. The second-order valence-corrected chi connectivity index (χ2v) is 6.33. The molecule has 5 N–H and O–H groups in total. The highest BCUT2D eigenvalue weighted by molar-refractivity contribution is 5.93. The molecular formula is C15H21N3O7. The van der Waals surface area contributed by atoms with E-state index in [1.807, 2.05) is 0 Å². The van der Waals surface area contributed by atoms with Crippen molar-refractivity contribution in [1.29, 1.82) is 0 Å². The van der Waals surface area contributed by atoms with Crippen LogP contribution in [0.2, 0.25) is 0 Å². The lowest BCUT2D eigenvalue weighted by Crippen LogP contribution is -2.38. The fraction of sp³-hybridized carbons (Fsp3) is 0.467. The molecule has 0 saturated heterocycles. The third-order valence-corrected chi connectivity index (χ3v) is 3.00. The Morgan fingerprint density at radius 1 is 1.32 bits per heavy atom. The molecule has 25 heavy (non-hydrogen) atoms. The van der Waals surface area contributed by atoms with Crippen LogP contribution in [-0.2, 0) is 4.74 Å². The highest BCUT2D eigenvalue weighted by atomic mass is 16.6. The van der Waals surface area contributed by atoms with Gasteiger partial charge in [-0.05, 0) is 32.4 Å². The molecule has 138 valence electrons. The SMILES string of the molecule is CC(C)(C)OC(=O)NCC(O)C(O)c1cc(C(N)=O)cc([N+](=O)[O-])c1. The van der Waals surface area contributed by atoms with E-state index in [4.69, 9.17) is 10.5 Å². The number of aliphatic hydroxyl groups is 2. The molecule has 1 rings (SSSR count). The highest BCUT2D eigenvalue weighted by Crippen LogP contribution is 2.24. The van der Waals surface area contributed by atoms with Gasteiger partial charge in [0.2, 0.25) is 5.91 Å². The summed E-state index contributed by atoms with van der Waals surface area (Å²) in [6, 6.07) is 3.11. The van der Waals surface area contributed by atoms with E-state index < -0.39 is 40.4 Å². The Balaban J connectivity index is 2.87. The summed E-state index contributed by atoms with van der Waals surface area (Å²) in [4.78, 5) is 32.9. The van der Waals surface area contributed by atoms with Crippen LogP contribution in [-0.4, -0.2) is 45.4 Å². The molecule has 0 fully saturated rings. The lowest BCUT2D eigenvalue weighted by molar-refractivity contribution is -0.385. The number of rotatable bonds is 6. The van der Waals surface area contributed by atoms with Gasteiger partial charge in [-0.3, -0.25) is 14.9 Å². The molecule has 0 saturated carbocycles. The lowest BCUT2D eigenvalue weighted by atomic mass is 10.0. The standard InChI is InChI=1S/C15H21N3O7/c1-15(2,3)25-14(22)17-7-11(19)12(20)8-4-9(13(16)21)6-10(5-8)18(23)24/h4-6,11-12,19-20H,7H2,1-3H3,(H2,16,21)(H,17,22). The number of hydrogen-bond acceptors (Lipinski definition) is 7. The molecule has 1 aromatic carbocycles. The Bertz CT molecular complexity index is 637. The Morgan fingerprint density at radius 3 is 2.40 bits per heavy atom. The van der Waals surface area contributed by atoms with Crippen LogP contribution in [0.5, 0.6) is 0 Å². The maximum absolute atomic E-state index is 11.5. The van der Waals surface area contributed by atoms with Crippen LogP contribution in [0.15, 0.2) is 18.2 Å². The second-order valence-electron chi connectivity index (χ2n) is 6.33. The molecule has 2 atom stereocenters. The summed E-state index contributed by atoms with van der Waals surface area (Å²) in [7, 11) is 0. The topological polar surface area (TPSA) is 165 Å². The number of primary amides is 1. The number of carbonyl (C=O) groups is 2. The average molecular weight is 355 g/mol. The number of carbonyl (C=O) groups excluding carboxylic acids is 2. The molecular weight excluding hydrogens is 334 g/mol. The number of non-ortho nitro benzene ring substituents is 1. The minimum atomic E-state index is -1.59. The van der Waals surface area contributed by atoms with E-state index in [9.17, 15) is 29.9 Å². The van der Waals surface area contributed by atoms with Gasteiger partial charge in [0.25, 0.3) is 5.69 Å². The molecule has 0 heterocycles. The first kappa shape index (κ1) is 20.3.